The molecule has 0 unspecified atom stereocenters. The Balaban J connectivity index is 1.85. The molecule has 0 atom stereocenters. The molecular weight excluding hydrogens is 340 g/mol. The van der Waals surface area contributed by atoms with Gasteiger partial charge in [-0.2, -0.15) is 0 Å². The highest BCUT2D eigenvalue weighted by molar-refractivity contribution is 7.89. The first-order valence-electron chi connectivity index (χ1n) is 8.68. The van der Waals surface area contributed by atoms with Crippen LogP contribution in [0.25, 0.3) is 0 Å². The van der Waals surface area contributed by atoms with Gasteiger partial charge in [0.25, 0.3) is 5.91 Å². The number of carbonyl (C=O) groups is 1. The Labute approximate surface area is 150 Å². The van der Waals surface area contributed by atoms with Gasteiger partial charge in [0.2, 0.25) is 10.0 Å². The summed E-state index contributed by atoms with van der Waals surface area (Å²) in [5, 5.41) is 2.80. The van der Waals surface area contributed by atoms with Crippen molar-refractivity contribution in [1.29, 1.82) is 0 Å². The molecule has 1 saturated carbocycles. The van der Waals surface area contributed by atoms with E-state index in [1.54, 1.807) is 12.1 Å². The highest BCUT2D eigenvalue weighted by Gasteiger charge is 2.22. The molecule has 0 bridgehead atoms. The predicted octanol–water partition coefficient (Wildman–Crippen LogP) is 2.45. The zero-order valence-corrected chi connectivity index (χ0v) is 16.0. The highest BCUT2D eigenvalue weighted by Crippen LogP contribution is 2.21. The lowest BCUT2D eigenvalue weighted by molar-refractivity contribution is -0.123. The molecule has 1 aromatic carbocycles. The van der Waals surface area contributed by atoms with Crippen LogP contribution >= 0.6 is 0 Å². The van der Waals surface area contributed by atoms with Crippen LogP contribution in [-0.4, -0.2) is 33.5 Å². The van der Waals surface area contributed by atoms with Crippen LogP contribution in [0.5, 0.6) is 5.75 Å². The van der Waals surface area contributed by atoms with Crippen molar-refractivity contribution in [2.75, 3.05) is 13.2 Å². The van der Waals surface area contributed by atoms with Crippen molar-refractivity contribution in [2.45, 2.75) is 57.4 Å². The zero-order chi connectivity index (χ0) is 18.5. The molecule has 1 amide bonds. The molecule has 7 heteroatoms. The van der Waals surface area contributed by atoms with Gasteiger partial charge in [0.15, 0.2) is 6.61 Å². The highest BCUT2D eigenvalue weighted by atomic mass is 32.2. The Morgan fingerprint density at radius 2 is 1.76 bits per heavy atom. The SMILES string of the molecule is CC(C)(C)CNC(=O)COc1ccc(S(=O)(=O)NC2CCCC2)cc1. The summed E-state index contributed by atoms with van der Waals surface area (Å²) in [5.41, 5.74) is 0.0119. The second-order valence-corrected chi connectivity index (χ2v) is 9.41. The molecule has 140 valence electrons. The minimum absolute atomic E-state index is 0.0119. The predicted molar refractivity (Wildman–Crippen MR) is 97.0 cm³/mol. The van der Waals surface area contributed by atoms with E-state index in [1.807, 2.05) is 20.8 Å². The van der Waals surface area contributed by atoms with Crippen LogP contribution in [0.4, 0.5) is 0 Å². The molecule has 1 aliphatic rings. The maximum Gasteiger partial charge on any atom is 0.257 e. The number of sulfonamides is 1. The number of amides is 1. The van der Waals surface area contributed by atoms with Crippen LogP contribution in [0.1, 0.15) is 46.5 Å². The summed E-state index contributed by atoms with van der Waals surface area (Å²) in [6.45, 7) is 6.58. The first-order valence-corrected chi connectivity index (χ1v) is 10.2. The molecule has 0 aromatic heterocycles. The molecule has 1 aromatic rings. The molecule has 6 nitrogen and oxygen atoms in total. The number of hydrogen-bond donors (Lipinski definition) is 2. The number of benzene rings is 1. The van der Waals surface area contributed by atoms with E-state index >= 15 is 0 Å². The summed E-state index contributed by atoms with van der Waals surface area (Å²) in [6, 6.07) is 6.17. The fourth-order valence-electron chi connectivity index (χ4n) is 2.61. The van der Waals surface area contributed by atoms with Gasteiger partial charge in [-0.3, -0.25) is 4.79 Å². The van der Waals surface area contributed by atoms with Gasteiger partial charge in [-0.25, -0.2) is 13.1 Å². The van der Waals surface area contributed by atoms with Crippen LogP contribution in [0.2, 0.25) is 0 Å². The first kappa shape index (κ1) is 19.7. The molecule has 2 rings (SSSR count). The lowest BCUT2D eigenvalue weighted by atomic mass is 9.97. The van der Waals surface area contributed by atoms with Crippen molar-refractivity contribution in [3.05, 3.63) is 24.3 Å². The Kier molecular flexibility index (Phi) is 6.46. The van der Waals surface area contributed by atoms with E-state index in [0.29, 0.717) is 12.3 Å². The van der Waals surface area contributed by atoms with E-state index in [4.69, 9.17) is 4.74 Å². The molecule has 1 aliphatic carbocycles. The van der Waals surface area contributed by atoms with Gasteiger partial charge in [0.05, 0.1) is 4.90 Å². The minimum Gasteiger partial charge on any atom is -0.484 e. The molecule has 0 radical (unpaired) electrons. The monoisotopic (exact) mass is 368 g/mol. The van der Waals surface area contributed by atoms with Crippen molar-refractivity contribution in [1.82, 2.24) is 10.0 Å². The third-order valence-corrected chi connectivity index (χ3v) is 5.53. The van der Waals surface area contributed by atoms with E-state index in [0.717, 1.165) is 25.7 Å². The second-order valence-electron chi connectivity index (χ2n) is 7.70. The average molecular weight is 368 g/mol. The summed E-state index contributed by atoms with van der Waals surface area (Å²) in [6.07, 6.45) is 3.92. The van der Waals surface area contributed by atoms with E-state index < -0.39 is 10.0 Å². The van der Waals surface area contributed by atoms with Crippen molar-refractivity contribution in [2.24, 2.45) is 5.41 Å². The summed E-state index contributed by atoms with van der Waals surface area (Å²) in [7, 11) is -3.50. The normalized spacial score (nSPS) is 16.0. The standard InChI is InChI=1S/C18H28N2O4S/c1-18(2,3)13-19-17(21)12-24-15-8-10-16(11-9-15)25(22,23)20-14-6-4-5-7-14/h8-11,14,20H,4-7,12-13H2,1-3H3,(H,19,21). The maximum absolute atomic E-state index is 12.3. The van der Waals surface area contributed by atoms with E-state index in [-0.39, 0.29) is 28.9 Å². The van der Waals surface area contributed by atoms with Crippen molar-refractivity contribution < 1.29 is 17.9 Å². The number of ether oxygens (including phenoxy) is 1. The smallest absolute Gasteiger partial charge is 0.257 e. The summed E-state index contributed by atoms with van der Waals surface area (Å²) in [4.78, 5) is 12.0. The van der Waals surface area contributed by atoms with Gasteiger partial charge in [-0.1, -0.05) is 33.6 Å². The second kappa shape index (κ2) is 8.19. The van der Waals surface area contributed by atoms with Crippen molar-refractivity contribution >= 4 is 15.9 Å². The molecule has 2 N–H and O–H groups in total. The summed E-state index contributed by atoms with van der Waals surface area (Å²) < 4.78 is 32.8. The van der Waals surface area contributed by atoms with Gasteiger partial charge >= 0.3 is 0 Å². The van der Waals surface area contributed by atoms with Gasteiger partial charge in [-0.05, 0) is 42.5 Å². The Bertz CT molecular complexity index is 672. The molecule has 0 spiro atoms. The van der Waals surface area contributed by atoms with Crippen LogP contribution in [0.15, 0.2) is 29.2 Å². The van der Waals surface area contributed by atoms with E-state index in [2.05, 4.69) is 10.0 Å². The van der Waals surface area contributed by atoms with Crippen LogP contribution in [0, 0.1) is 5.41 Å². The maximum atomic E-state index is 12.3. The number of hydrogen-bond acceptors (Lipinski definition) is 4. The van der Waals surface area contributed by atoms with E-state index in [9.17, 15) is 13.2 Å². The topological polar surface area (TPSA) is 84.5 Å². The fourth-order valence-corrected chi connectivity index (χ4v) is 3.91. The Morgan fingerprint density at radius 1 is 1.16 bits per heavy atom. The molecule has 0 heterocycles. The van der Waals surface area contributed by atoms with Crippen molar-refractivity contribution in [3.63, 3.8) is 0 Å². The van der Waals surface area contributed by atoms with Crippen LogP contribution in [0.3, 0.4) is 0 Å². The first-order chi connectivity index (χ1) is 11.7. The minimum atomic E-state index is -3.50. The van der Waals surface area contributed by atoms with Gasteiger partial charge < -0.3 is 10.1 Å². The Hall–Kier alpha value is -1.60. The average Bonchev–Trinajstić information content (AvgIpc) is 3.03. The van der Waals surface area contributed by atoms with E-state index in [1.165, 1.54) is 12.1 Å². The number of nitrogens with one attached hydrogen (secondary N) is 2. The lowest BCUT2D eigenvalue weighted by Gasteiger charge is -2.18. The van der Waals surface area contributed by atoms with Gasteiger partial charge in [0, 0.05) is 12.6 Å². The third-order valence-electron chi connectivity index (χ3n) is 4.00. The molecule has 0 saturated heterocycles. The molecule has 0 aliphatic heterocycles. The number of carbonyl (C=O) groups excluding carboxylic acids is 1. The van der Waals surface area contributed by atoms with Gasteiger partial charge in [-0.15, -0.1) is 0 Å². The zero-order valence-electron chi connectivity index (χ0n) is 15.2. The summed E-state index contributed by atoms with van der Waals surface area (Å²) in [5.74, 6) is 0.264. The molecule has 25 heavy (non-hydrogen) atoms. The molecular formula is C18H28N2O4S. The molecule has 1 fully saturated rings. The van der Waals surface area contributed by atoms with Crippen LogP contribution < -0.4 is 14.8 Å². The Morgan fingerprint density at radius 3 is 2.32 bits per heavy atom. The lowest BCUT2D eigenvalue weighted by Crippen LogP contribution is -2.35. The number of rotatable bonds is 7. The largest absolute Gasteiger partial charge is 0.484 e. The quantitative estimate of drug-likeness (QED) is 0.774. The van der Waals surface area contributed by atoms with Gasteiger partial charge in [0.1, 0.15) is 5.75 Å². The van der Waals surface area contributed by atoms with Crippen molar-refractivity contribution in [3.8, 4) is 5.75 Å². The third kappa shape index (κ3) is 6.66. The fraction of sp³-hybridized carbons (Fsp3) is 0.611. The van der Waals surface area contributed by atoms with Crippen LogP contribution in [-0.2, 0) is 14.8 Å². The summed E-state index contributed by atoms with van der Waals surface area (Å²) >= 11 is 0.